The van der Waals surface area contributed by atoms with Crippen LogP contribution in [0.1, 0.15) is 22.6 Å². The van der Waals surface area contributed by atoms with Crippen LogP contribution in [0, 0.1) is 12.8 Å². The third kappa shape index (κ3) is 3.99. The van der Waals surface area contributed by atoms with E-state index in [4.69, 9.17) is 16.3 Å². The van der Waals surface area contributed by atoms with Crippen molar-refractivity contribution in [2.45, 2.75) is 19.4 Å². The smallest absolute Gasteiger partial charge is 0.410 e. The second kappa shape index (κ2) is 7.79. The number of nitrogens with zero attached hydrogens (tertiary/aromatic N) is 1. The molecular formula is C20H20ClNO4. The molecule has 0 radical (unpaired) electrons. The Labute approximate surface area is 157 Å². The van der Waals surface area contributed by atoms with Crippen LogP contribution in [0.15, 0.2) is 48.5 Å². The van der Waals surface area contributed by atoms with Gasteiger partial charge in [-0.25, -0.2) is 4.79 Å². The van der Waals surface area contributed by atoms with E-state index in [1.807, 2.05) is 49.4 Å². The normalized spacial score (nSPS) is 19.4. The third-order valence-electron chi connectivity index (χ3n) is 4.72. The van der Waals surface area contributed by atoms with Crippen molar-refractivity contribution in [3.05, 3.63) is 70.2 Å². The van der Waals surface area contributed by atoms with Crippen LogP contribution < -0.4 is 0 Å². The van der Waals surface area contributed by atoms with Crippen LogP contribution >= 0.6 is 11.6 Å². The maximum atomic E-state index is 12.4. The molecule has 0 aliphatic carbocycles. The molecule has 1 aliphatic heterocycles. The minimum Gasteiger partial charge on any atom is -0.481 e. The highest BCUT2D eigenvalue weighted by Crippen LogP contribution is 2.35. The van der Waals surface area contributed by atoms with Gasteiger partial charge in [-0.1, -0.05) is 54.1 Å². The van der Waals surface area contributed by atoms with Gasteiger partial charge in [0.1, 0.15) is 6.61 Å². The molecule has 0 spiro atoms. The first-order valence-electron chi connectivity index (χ1n) is 8.40. The number of ether oxygens (including phenoxy) is 1. The van der Waals surface area contributed by atoms with Gasteiger partial charge in [0.05, 0.1) is 5.92 Å². The highest BCUT2D eigenvalue weighted by Gasteiger charge is 2.41. The maximum Gasteiger partial charge on any atom is 0.410 e. The Morgan fingerprint density at radius 1 is 1.19 bits per heavy atom. The first kappa shape index (κ1) is 18.3. The second-order valence-corrected chi connectivity index (χ2v) is 6.91. The van der Waals surface area contributed by atoms with Gasteiger partial charge >= 0.3 is 12.1 Å². The predicted octanol–water partition coefficient (Wildman–Crippen LogP) is 4.09. The Morgan fingerprint density at radius 3 is 2.58 bits per heavy atom. The molecule has 1 heterocycles. The van der Waals surface area contributed by atoms with E-state index in [1.165, 1.54) is 4.90 Å². The zero-order valence-corrected chi connectivity index (χ0v) is 15.1. The summed E-state index contributed by atoms with van der Waals surface area (Å²) in [5.41, 5.74) is 2.64. The fraction of sp³-hybridized carbons (Fsp3) is 0.300. The van der Waals surface area contributed by atoms with Gasteiger partial charge in [0.15, 0.2) is 0 Å². The number of likely N-dealkylation sites (tertiary alicyclic amines) is 1. The van der Waals surface area contributed by atoms with Crippen molar-refractivity contribution in [2.24, 2.45) is 5.92 Å². The van der Waals surface area contributed by atoms with Crippen molar-refractivity contribution in [3.8, 4) is 0 Å². The SMILES string of the molecule is Cc1ccc([C@@H]2CN(C(=O)OCc3ccccc3)C[C@H]2C(=O)O)cc1Cl. The number of amides is 1. The lowest BCUT2D eigenvalue weighted by Gasteiger charge is -2.17. The molecular weight excluding hydrogens is 354 g/mol. The van der Waals surface area contributed by atoms with E-state index >= 15 is 0 Å². The van der Waals surface area contributed by atoms with Crippen LogP contribution in [0.5, 0.6) is 0 Å². The summed E-state index contributed by atoms with van der Waals surface area (Å²) in [5.74, 6) is -1.92. The molecule has 0 unspecified atom stereocenters. The van der Waals surface area contributed by atoms with Crippen molar-refractivity contribution in [1.82, 2.24) is 4.90 Å². The molecule has 1 saturated heterocycles. The Hall–Kier alpha value is -2.53. The second-order valence-electron chi connectivity index (χ2n) is 6.51. The standard InChI is InChI=1S/C20H20ClNO4/c1-13-7-8-15(9-18(13)21)16-10-22(11-17(16)19(23)24)20(25)26-12-14-5-3-2-4-6-14/h2-9,16-17H,10-12H2,1H3,(H,23,24)/t16-,17+/m0/s1. The molecule has 0 aromatic heterocycles. The van der Waals surface area contributed by atoms with Crippen LogP contribution in [-0.2, 0) is 16.1 Å². The van der Waals surface area contributed by atoms with Gasteiger partial charge in [0.2, 0.25) is 0 Å². The molecule has 2 atom stereocenters. The minimum atomic E-state index is -0.926. The van der Waals surface area contributed by atoms with Crippen LogP contribution in [0.25, 0.3) is 0 Å². The quantitative estimate of drug-likeness (QED) is 0.876. The van der Waals surface area contributed by atoms with Gasteiger partial charge in [-0.3, -0.25) is 4.79 Å². The van der Waals surface area contributed by atoms with Crippen molar-refractivity contribution < 1.29 is 19.4 Å². The minimum absolute atomic E-state index is 0.124. The summed E-state index contributed by atoms with van der Waals surface area (Å²) in [6, 6.07) is 14.9. The summed E-state index contributed by atoms with van der Waals surface area (Å²) in [4.78, 5) is 25.5. The number of carbonyl (C=O) groups is 2. The van der Waals surface area contributed by atoms with Crippen LogP contribution in [0.4, 0.5) is 4.79 Å². The van der Waals surface area contributed by atoms with Crippen LogP contribution in [0.3, 0.4) is 0 Å². The van der Waals surface area contributed by atoms with Gasteiger partial charge in [-0.05, 0) is 29.7 Å². The van der Waals surface area contributed by atoms with Gasteiger partial charge in [-0.15, -0.1) is 0 Å². The van der Waals surface area contributed by atoms with Gasteiger partial charge < -0.3 is 14.7 Å². The van der Waals surface area contributed by atoms with Crippen molar-refractivity contribution in [2.75, 3.05) is 13.1 Å². The molecule has 1 aliphatic rings. The summed E-state index contributed by atoms with van der Waals surface area (Å²) in [6.45, 7) is 2.47. The van der Waals surface area contributed by atoms with Crippen LogP contribution in [-0.4, -0.2) is 35.2 Å². The topological polar surface area (TPSA) is 66.8 Å². The van der Waals surface area contributed by atoms with Gasteiger partial charge in [0.25, 0.3) is 0 Å². The molecule has 3 rings (SSSR count). The number of hydrogen-bond acceptors (Lipinski definition) is 3. The molecule has 2 aromatic rings. The largest absolute Gasteiger partial charge is 0.481 e. The predicted molar refractivity (Wildman–Crippen MR) is 98.3 cm³/mol. The van der Waals surface area contributed by atoms with Gasteiger partial charge in [-0.2, -0.15) is 0 Å². The summed E-state index contributed by atoms with van der Waals surface area (Å²) >= 11 is 6.18. The van der Waals surface area contributed by atoms with E-state index in [-0.39, 0.29) is 19.1 Å². The Bertz CT molecular complexity index is 809. The number of halogens is 1. The molecule has 6 heteroatoms. The van der Waals surface area contributed by atoms with Crippen molar-refractivity contribution >= 4 is 23.7 Å². The number of rotatable bonds is 4. The molecule has 5 nitrogen and oxygen atoms in total. The first-order valence-corrected chi connectivity index (χ1v) is 8.78. The summed E-state index contributed by atoms with van der Waals surface area (Å²) in [5, 5.41) is 10.2. The molecule has 136 valence electrons. The van der Waals surface area contributed by atoms with Crippen LogP contribution in [0.2, 0.25) is 5.02 Å². The van der Waals surface area contributed by atoms with E-state index in [0.717, 1.165) is 16.7 Å². The number of carbonyl (C=O) groups excluding carboxylic acids is 1. The lowest BCUT2D eigenvalue weighted by Crippen LogP contribution is -2.30. The van der Waals surface area contributed by atoms with E-state index in [2.05, 4.69) is 0 Å². The van der Waals surface area contributed by atoms with Gasteiger partial charge in [0, 0.05) is 24.0 Å². The lowest BCUT2D eigenvalue weighted by atomic mass is 9.88. The molecule has 1 fully saturated rings. The Balaban J connectivity index is 1.71. The molecule has 0 saturated carbocycles. The zero-order valence-electron chi connectivity index (χ0n) is 14.4. The monoisotopic (exact) mass is 373 g/mol. The lowest BCUT2D eigenvalue weighted by molar-refractivity contribution is -0.141. The summed E-state index contributed by atoms with van der Waals surface area (Å²) in [6.07, 6.45) is -0.499. The van der Waals surface area contributed by atoms with Crippen molar-refractivity contribution in [1.29, 1.82) is 0 Å². The number of aryl methyl sites for hydroxylation is 1. The van der Waals surface area contributed by atoms with E-state index in [0.29, 0.717) is 11.6 Å². The molecule has 1 amide bonds. The summed E-state index contributed by atoms with van der Waals surface area (Å²) in [7, 11) is 0. The molecule has 1 N–H and O–H groups in total. The van der Waals surface area contributed by atoms with E-state index < -0.39 is 18.0 Å². The molecule has 26 heavy (non-hydrogen) atoms. The Kier molecular flexibility index (Phi) is 5.47. The van der Waals surface area contributed by atoms with E-state index in [9.17, 15) is 14.7 Å². The number of benzene rings is 2. The highest BCUT2D eigenvalue weighted by atomic mass is 35.5. The average molecular weight is 374 g/mol. The number of carboxylic acid groups (broad SMARTS) is 1. The fourth-order valence-electron chi connectivity index (χ4n) is 3.19. The van der Waals surface area contributed by atoms with E-state index in [1.54, 1.807) is 6.07 Å². The molecule has 2 aromatic carbocycles. The number of hydrogen-bond donors (Lipinski definition) is 1. The summed E-state index contributed by atoms with van der Waals surface area (Å²) < 4.78 is 5.34. The Morgan fingerprint density at radius 2 is 1.92 bits per heavy atom. The third-order valence-corrected chi connectivity index (χ3v) is 5.13. The number of aliphatic carboxylic acids is 1. The highest BCUT2D eigenvalue weighted by molar-refractivity contribution is 6.31. The zero-order chi connectivity index (χ0) is 18.7. The van der Waals surface area contributed by atoms with Crippen molar-refractivity contribution in [3.63, 3.8) is 0 Å². The average Bonchev–Trinajstić information content (AvgIpc) is 3.09. The number of carboxylic acids is 1. The molecule has 0 bridgehead atoms. The maximum absolute atomic E-state index is 12.4. The fourth-order valence-corrected chi connectivity index (χ4v) is 3.38. The first-order chi connectivity index (χ1) is 12.5.